The van der Waals surface area contributed by atoms with Crippen LogP contribution in [0.1, 0.15) is 139 Å². The average Bonchev–Trinajstić information content (AvgIpc) is 0.808. The number of hydrogen-bond acceptors (Lipinski definition) is 19. The van der Waals surface area contributed by atoms with Gasteiger partial charge in [-0.2, -0.15) is 0 Å². The van der Waals surface area contributed by atoms with Gasteiger partial charge in [-0.15, -0.1) is 0 Å². The molecule has 3 aromatic heterocycles. The maximum atomic E-state index is 15.1. The molecule has 3 atom stereocenters. The van der Waals surface area contributed by atoms with Crippen LogP contribution in [0.5, 0.6) is 0 Å². The molecule has 0 aliphatic carbocycles. The van der Waals surface area contributed by atoms with Crippen molar-refractivity contribution in [2.75, 3.05) is 76.5 Å². The highest BCUT2D eigenvalue weighted by atomic mass is 127. The van der Waals surface area contributed by atoms with E-state index in [0.29, 0.717) is 97.2 Å². The van der Waals surface area contributed by atoms with Crippen LogP contribution in [0.25, 0.3) is 54.7 Å². The van der Waals surface area contributed by atoms with Gasteiger partial charge >= 0.3 is 5.97 Å². The average molecular weight is 1810 g/mol. The lowest BCUT2D eigenvalue weighted by Crippen LogP contribution is -2.34. The topological polar surface area (TPSA) is 428 Å². The molecule has 3 aliphatic rings. The summed E-state index contributed by atoms with van der Waals surface area (Å²) in [5.41, 5.74) is 51.6. The quantitative estimate of drug-likeness (QED) is 0.0123. The maximum absolute atomic E-state index is 15.1. The van der Waals surface area contributed by atoms with Gasteiger partial charge in [-0.25, -0.2) is 61.0 Å². The van der Waals surface area contributed by atoms with Crippen molar-refractivity contribution in [1.82, 2.24) is 40.5 Å². The molecule has 3 saturated heterocycles. The summed E-state index contributed by atoms with van der Waals surface area (Å²) in [7, 11) is 0. The van der Waals surface area contributed by atoms with Crippen molar-refractivity contribution >= 4 is 103 Å². The number of hydrogen-bond donors (Lipinski definition) is 8. The van der Waals surface area contributed by atoms with Gasteiger partial charge in [-0.05, 0) is 225 Å². The lowest BCUT2D eigenvalue weighted by molar-refractivity contribution is 0.0691. The summed E-state index contributed by atoms with van der Waals surface area (Å²) in [4.78, 5) is 68.3. The van der Waals surface area contributed by atoms with E-state index in [1.165, 1.54) is 72.8 Å². The lowest BCUT2D eigenvalue weighted by atomic mass is 9.96. The Morgan fingerprint density at radius 3 is 1.16 bits per heavy atom. The number of azide groups is 2. The number of halogens is 9. The highest BCUT2D eigenvalue weighted by Crippen LogP contribution is 2.35. The van der Waals surface area contributed by atoms with E-state index < -0.39 is 65.0 Å². The third-order valence-corrected chi connectivity index (χ3v) is 19.1. The Balaban J connectivity index is 0.000000173. The molecule has 107 heavy (non-hydrogen) atoms. The van der Waals surface area contributed by atoms with Crippen LogP contribution >= 0.6 is 67.8 Å². The highest BCUT2D eigenvalue weighted by molar-refractivity contribution is 14.1. The summed E-state index contributed by atoms with van der Waals surface area (Å²) < 4.78 is 103. The second-order valence-corrected chi connectivity index (χ2v) is 28.2. The lowest BCUT2D eigenvalue weighted by Gasteiger charge is -2.22. The molecule has 2 amide bonds. The van der Waals surface area contributed by atoms with Crippen molar-refractivity contribution < 1.29 is 60.0 Å². The number of benzene rings is 6. The van der Waals surface area contributed by atoms with Gasteiger partial charge in [0.1, 0.15) is 69.4 Å². The fourth-order valence-corrected chi connectivity index (χ4v) is 13.6. The third-order valence-electron chi connectivity index (χ3n) is 17.2. The first kappa shape index (κ1) is 81.6. The monoisotopic (exact) mass is 1810 g/mol. The minimum atomic E-state index is -1.32. The standard InChI is InChI=1S/C24H22F2IN7O2.C24H24F2IN5O2.C16H16FN3O3.C8H8FIN4/c25-16-7-15(8-17(27)10-16)21(12-31-34-29)33-24(35)18-2-1-14(9-19(18)26)22-23(28)30-11-20(32-22)13-3-5-36-6-4-13;25-16-7-15(8-17(27)10-16)20(11-28)32-24(33)18-2-1-14(9-19(18)26)22-23(29)30-12-21(31-22)13-3-5-34-6-4-13;17-12-7-10(1-2-11(12)16(21)22)14-15(18)19-8-13(20-14)9-3-5-23-6-4-9;9-6-1-5(2-7(10)3-6)8(11)4-13-14-12/h1-2,7-11,13,21H,3-6,12H2,(H2,28,30)(H,33,35);1-2,7-10,12-13,20H,3-6,11,28H2,(H2,29,30)(H,32,33);1-2,7-9H,3-6H2,(H2,18,19)(H,21,22);1-3,8H,4,11H2/t21-;20-;;8-/m11.1/s1. The van der Waals surface area contributed by atoms with Crippen LogP contribution in [0.4, 0.5) is 43.8 Å². The molecule has 558 valence electrons. The Labute approximate surface area is 649 Å². The molecule has 6 heterocycles. The molecular formula is C72H70F6I3N19O7. The van der Waals surface area contributed by atoms with Crippen LogP contribution in [-0.4, -0.2) is 112 Å². The number of aromatic carboxylic acids is 1. The van der Waals surface area contributed by atoms with Crippen molar-refractivity contribution in [2.24, 2.45) is 21.7 Å². The maximum Gasteiger partial charge on any atom is 0.338 e. The Bertz CT molecular complexity index is 4720. The van der Waals surface area contributed by atoms with Crippen LogP contribution in [0.3, 0.4) is 0 Å². The van der Waals surface area contributed by atoms with Crippen molar-refractivity contribution in [1.29, 1.82) is 0 Å². The molecule has 3 aliphatic heterocycles. The molecule has 35 heteroatoms. The zero-order valence-corrected chi connectivity index (χ0v) is 63.2. The Kier molecular flexibility index (Phi) is 30.1. The smallest absolute Gasteiger partial charge is 0.338 e. The molecule has 12 rings (SSSR count). The van der Waals surface area contributed by atoms with E-state index in [4.69, 9.17) is 59.0 Å². The predicted molar refractivity (Wildman–Crippen MR) is 413 cm³/mol. The van der Waals surface area contributed by atoms with E-state index in [9.17, 15) is 36.3 Å². The largest absolute Gasteiger partial charge is 0.478 e. The van der Waals surface area contributed by atoms with Crippen molar-refractivity contribution in [2.45, 2.75) is 74.4 Å². The Morgan fingerprint density at radius 1 is 0.495 bits per heavy atom. The van der Waals surface area contributed by atoms with E-state index in [1.54, 1.807) is 48.9 Å². The van der Waals surface area contributed by atoms with Crippen LogP contribution in [0.2, 0.25) is 0 Å². The normalized spacial score (nSPS) is 14.6. The van der Waals surface area contributed by atoms with E-state index in [0.717, 1.165) is 65.2 Å². The van der Waals surface area contributed by atoms with E-state index >= 15 is 4.39 Å². The molecule has 0 radical (unpaired) electrons. The predicted octanol–water partition coefficient (Wildman–Crippen LogP) is 14.4. The number of nitrogens with one attached hydrogen (secondary N) is 2. The van der Waals surface area contributed by atoms with Gasteiger partial charge in [0.15, 0.2) is 0 Å². The zero-order chi connectivity index (χ0) is 76.8. The molecule has 0 unspecified atom stereocenters. The molecular weight excluding hydrogens is 1740 g/mol. The van der Waals surface area contributed by atoms with Crippen LogP contribution in [0.15, 0.2) is 138 Å². The summed E-state index contributed by atoms with van der Waals surface area (Å²) in [5, 5.41) is 21.0. The fraction of sp³-hybridized carbons (Fsp3) is 0.292. The first-order valence-corrected chi connectivity index (χ1v) is 36.3. The number of carboxylic acids is 1. The number of carbonyl (C=O) groups excluding carboxylic acids is 2. The number of nitrogens with zero attached hydrogens (tertiary/aromatic N) is 12. The van der Waals surface area contributed by atoms with Gasteiger partial charge in [0.25, 0.3) is 11.8 Å². The van der Waals surface area contributed by atoms with E-state index in [-0.39, 0.29) is 77.3 Å². The second kappa shape index (κ2) is 39.4. The number of rotatable bonds is 19. The van der Waals surface area contributed by atoms with E-state index in [2.05, 4.69) is 60.6 Å². The number of carbonyl (C=O) groups is 3. The Hall–Kier alpha value is -9.44. The number of aromatic nitrogens is 6. The number of carboxylic acid groups (broad SMARTS) is 1. The summed E-state index contributed by atoms with van der Waals surface area (Å²) >= 11 is 5.92. The fourth-order valence-electron chi connectivity index (χ4n) is 11.6. The van der Waals surface area contributed by atoms with Gasteiger partial charge in [-0.3, -0.25) is 9.59 Å². The Morgan fingerprint density at radius 2 is 0.822 bits per heavy atom. The highest BCUT2D eigenvalue weighted by Gasteiger charge is 2.27. The van der Waals surface area contributed by atoms with Crippen LogP contribution in [0, 0.1) is 45.6 Å². The second-order valence-electron chi connectivity index (χ2n) is 24.5. The molecule has 0 saturated carbocycles. The zero-order valence-electron chi connectivity index (χ0n) is 56.7. The van der Waals surface area contributed by atoms with Gasteiger partial charge in [0, 0.05) is 114 Å². The molecule has 0 bridgehead atoms. The molecule has 9 aromatic rings. The summed E-state index contributed by atoms with van der Waals surface area (Å²) in [6.45, 7) is 3.92. The molecule has 0 spiro atoms. The van der Waals surface area contributed by atoms with E-state index in [1.807, 2.05) is 67.8 Å². The minimum Gasteiger partial charge on any atom is -0.478 e. The van der Waals surface area contributed by atoms with Gasteiger partial charge in [0.05, 0.1) is 71.0 Å². The van der Waals surface area contributed by atoms with Crippen molar-refractivity contribution in [3.05, 3.63) is 245 Å². The summed E-state index contributed by atoms with van der Waals surface area (Å²) in [5.74, 6) is -5.22. The molecule has 26 nitrogen and oxygen atoms in total. The first-order chi connectivity index (χ1) is 51.4. The molecule has 6 aromatic carbocycles. The summed E-state index contributed by atoms with van der Waals surface area (Å²) in [6, 6.07) is 23.1. The van der Waals surface area contributed by atoms with Gasteiger partial charge in [-0.1, -0.05) is 28.4 Å². The number of nitrogens with two attached hydrogens (primary N) is 5. The number of ether oxygens (including phenoxy) is 3. The molecule has 13 N–H and O–H groups in total. The van der Waals surface area contributed by atoms with Crippen LogP contribution < -0.4 is 39.3 Å². The minimum absolute atomic E-state index is 0.0239. The summed E-state index contributed by atoms with van der Waals surface area (Å²) in [6.07, 6.45) is 9.90. The SMILES string of the molecule is NC[C@@H](NC(=O)c1ccc(-c2nc(C3CCOCC3)cnc2N)cc1F)c1cc(F)cc(I)c1.Nc1ncc(C2CCOCC2)nc1-c1ccc(C(=O)O)c(F)c1.[N-]=[N+]=NC[C@@H](N)c1cc(F)cc(I)c1.[N-]=[N+]=NC[C@@H](NC(=O)c1ccc(-c2nc(C3CCOCC3)cnc2N)cc1F)c1cc(F)cc(I)c1. The van der Waals surface area contributed by atoms with Crippen LogP contribution in [-0.2, 0) is 14.2 Å². The van der Waals surface area contributed by atoms with Crippen molar-refractivity contribution in [3.63, 3.8) is 0 Å². The number of nitrogen functional groups attached to an aromatic ring is 3. The third kappa shape index (κ3) is 22.8. The van der Waals surface area contributed by atoms with Crippen molar-refractivity contribution in [3.8, 4) is 33.8 Å². The first-order valence-electron chi connectivity index (χ1n) is 33.1. The van der Waals surface area contributed by atoms with Gasteiger partial charge in [0.2, 0.25) is 0 Å². The van der Waals surface area contributed by atoms with Gasteiger partial charge < -0.3 is 58.6 Å². The number of amides is 2. The molecule has 3 fully saturated rings. The number of anilines is 3.